The van der Waals surface area contributed by atoms with E-state index in [0.29, 0.717) is 28.4 Å². The van der Waals surface area contributed by atoms with Crippen LogP contribution in [0.3, 0.4) is 0 Å². The predicted octanol–water partition coefficient (Wildman–Crippen LogP) is 3.40. The fourth-order valence-electron chi connectivity index (χ4n) is 2.19. The molecule has 2 heterocycles. The Balaban J connectivity index is 1.91. The van der Waals surface area contributed by atoms with Crippen LogP contribution in [0.25, 0.3) is 11.4 Å². The SMILES string of the molecule is COc1cccc(NC(=O)c2cccnc2-c2ccccn2)c1. The largest absolute Gasteiger partial charge is 0.497 e. The number of aromatic nitrogens is 2. The summed E-state index contributed by atoms with van der Waals surface area (Å²) in [6, 6.07) is 16.2. The van der Waals surface area contributed by atoms with Gasteiger partial charge >= 0.3 is 0 Å². The molecule has 0 radical (unpaired) electrons. The van der Waals surface area contributed by atoms with Gasteiger partial charge in [-0.1, -0.05) is 12.1 Å². The van der Waals surface area contributed by atoms with E-state index in [1.165, 1.54) is 0 Å². The maximum atomic E-state index is 12.6. The first-order chi connectivity index (χ1) is 11.3. The number of hydrogen-bond donors (Lipinski definition) is 1. The molecule has 0 aliphatic rings. The molecule has 5 heteroatoms. The number of hydrogen-bond acceptors (Lipinski definition) is 4. The molecule has 0 saturated carbocycles. The minimum Gasteiger partial charge on any atom is -0.497 e. The molecular formula is C18H15N3O2. The molecule has 0 bridgehead atoms. The number of rotatable bonds is 4. The van der Waals surface area contributed by atoms with Gasteiger partial charge in [-0.15, -0.1) is 0 Å². The van der Waals surface area contributed by atoms with Crippen molar-refractivity contribution in [2.75, 3.05) is 12.4 Å². The molecule has 0 saturated heterocycles. The Morgan fingerprint density at radius 1 is 1.00 bits per heavy atom. The standard InChI is InChI=1S/C18H15N3O2/c1-23-14-7-4-6-13(12-14)21-18(22)15-8-5-11-20-17(15)16-9-2-3-10-19-16/h2-12H,1H3,(H,21,22). The Hall–Kier alpha value is -3.21. The number of pyridine rings is 2. The van der Waals surface area contributed by atoms with Gasteiger partial charge < -0.3 is 10.1 Å². The highest BCUT2D eigenvalue weighted by Crippen LogP contribution is 2.21. The van der Waals surface area contributed by atoms with Crippen LogP contribution in [0.15, 0.2) is 67.0 Å². The maximum Gasteiger partial charge on any atom is 0.257 e. The van der Waals surface area contributed by atoms with Crippen molar-refractivity contribution < 1.29 is 9.53 Å². The molecule has 1 aromatic carbocycles. The number of anilines is 1. The number of nitrogens with zero attached hydrogens (tertiary/aromatic N) is 2. The summed E-state index contributed by atoms with van der Waals surface area (Å²) >= 11 is 0. The van der Waals surface area contributed by atoms with Crippen LogP contribution in [0.2, 0.25) is 0 Å². The normalized spacial score (nSPS) is 10.1. The molecule has 23 heavy (non-hydrogen) atoms. The van der Waals surface area contributed by atoms with E-state index in [4.69, 9.17) is 4.74 Å². The third-order valence-electron chi connectivity index (χ3n) is 3.29. The Labute approximate surface area is 134 Å². The van der Waals surface area contributed by atoms with E-state index in [0.717, 1.165) is 0 Å². The fourth-order valence-corrected chi connectivity index (χ4v) is 2.19. The zero-order valence-electron chi connectivity index (χ0n) is 12.6. The topological polar surface area (TPSA) is 64.1 Å². The van der Waals surface area contributed by atoms with Gasteiger partial charge in [-0.25, -0.2) is 0 Å². The summed E-state index contributed by atoms with van der Waals surface area (Å²) in [4.78, 5) is 21.1. The van der Waals surface area contributed by atoms with E-state index >= 15 is 0 Å². The van der Waals surface area contributed by atoms with Crippen LogP contribution in [0.5, 0.6) is 5.75 Å². The first kappa shape index (κ1) is 14.7. The molecule has 114 valence electrons. The summed E-state index contributed by atoms with van der Waals surface area (Å²) in [6.45, 7) is 0. The summed E-state index contributed by atoms with van der Waals surface area (Å²) in [7, 11) is 1.58. The Morgan fingerprint density at radius 3 is 2.65 bits per heavy atom. The van der Waals surface area contributed by atoms with E-state index in [1.807, 2.05) is 30.3 Å². The Morgan fingerprint density at radius 2 is 1.87 bits per heavy atom. The second kappa shape index (κ2) is 6.70. The lowest BCUT2D eigenvalue weighted by Crippen LogP contribution is -2.14. The third kappa shape index (κ3) is 3.35. The number of nitrogens with one attached hydrogen (secondary N) is 1. The highest BCUT2D eigenvalue weighted by molar-refractivity contribution is 6.07. The number of carbonyl (C=O) groups is 1. The van der Waals surface area contributed by atoms with Crippen molar-refractivity contribution in [1.29, 1.82) is 0 Å². The fraction of sp³-hybridized carbons (Fsp3) is 0.0556. The maximum absolute atomic E-state index is 12.6. The molecule has 1 N–H and O–H groups in total. The summed E-state index contributed by atoms with van der Waals surface area (Å²) < 4.78 is 5.16. The van der Waals surface area contributed by atoms with Crippen molar-refractivity contribution in [3.8, 4) is 17.1 Å². The molecule has 0 aliphatic carbocycles. The van der Waals surface area contributed by atoms with Crippen LogP contribution in [-0.2, 0) is 0 Å². The first-order valence-corrected chi connectivity index (χ1v) is 7.10. The van der Waals surface area contributed by atoms with Gasteiger partial charge in [-0.3, -0.25) is 14.8 Å². The average Bonchev–Trinajstić information content (AvgIpc) is 2.62. The Kier molecular flexibility index (Phi) is 4.29. The summed E-state index contributed by atoms with van der Waals surface area (Å²) in [5.74, 6) is 0.436. The van der Waals surface area contributed by atoms with Gasteiger partial charge in [0, 0.05) is 24.1 Å². The van der Waals surface area contributed by atoms with Gasteiger partial charge in [0.05, 0.1) is 18.4 Å². The van der Waals surface area contributed by atoms with E-state index in [1.54, 1.807) is 43.8 Å². The zero-order chi connectivity index (χ0) is 16.1. The van der Waals surface area contributed by atoms with Gasteiger partial charge in [0.25, 0.3) is 5.91 Å². The molecule has 5 nitrogen and oxygen atoms in total. The second-order valence-corrected chi connectivity index (χ2v) is 4.80. The summed E-state index contributed by atoms with van der Waals surface area (Å²) in [6.07, 6.45) is 3.32. The molecule has 2 aromatic heterocycles. The van der Waals surface area contributed by atoms with Crippen LogP contribution in [0, 0.1) is 0 Å². The van der Waals surface area contributed by atoms with Crippen molar-refractivity contribution in [2.24, 2.45) is 0 Å². The molecule has 1 amide bonds. The van der Waals surface area contributed by atoms with Crippen LogP contribution < -0.4 is 10.1 Å². The van der Waals surface area contributed by atoms with E-state index in [-0.39, 0.29) is 5.91 Å². The van der Waals surface area contributed by atoms with Crippen molar-refractivity contribution in [1.82, 2.24) is 9.97 Å². The van der Waals surface area contributed by atoms with Gasteiger partial charge in [-0.2, -0.15) is 0 Å². The monoisotopic (exact) mass is 305 g/mol. The second-order valence-electron chi connectivity index (χ2n) is 4.80. The number of carbonyl (C=O) groups excluding carboxylic acids is 1. The lowest BCUT2D eigenvalue weighted by atomic mass is 10.1. The Bertz CT molecular complexity index is 819. The number of methoxy groups -OCH3 is 1. The van der Waals surface area contributed by atoms with Crippen molar-refractivity contribution in [2.45, 2.75) is 0 Å². The molecule has 0 atom stereocenters. The minimum atomic E-state index is -0.244. The summed E-state index contributed by atoms with van der Waals surface area (Å²) in [5, 5.41) is 2.86. The smallest absolute Gasteiger partial charge is 0.257 e. The molecule has 0 unspecified atom stereocenters. The third-order valence-corrected chi connectivity index (χ3v) is 3.29. The molecule has 3 aromatic rings. The van der Waals surface area contributed by atoms with Crippen LogP contribution in [-0.4, -0.2) is 23.0 Å². The molecule has 0 aliphatic heterocycles. The minimum absolute atomic E-state index is 0.244. The van der Waals surface area contributed by atoms with Crippen molar-refractivity contribution in [3.05, 3.63) is 72.6 Å². The number of benzene rings is 1. The van der Waals surface area contributed by atoms with Gasteiger partial charge in [-0.05, 0) is 36.4 Å². The predicted molar refractivity (Wildman–Crippen MR) is 88.4 cm³/mol. The summed E-state index contributed by atoms with van der Waals surface area (Å²) in [5.41, 5.74) is 2.33. The highest BCUT2D eigenvalue weighted by atomic mass is 16.5. The van der Waals surface area contributed by atoms with Crippen molar-refractivity contribution in [3.63, 3.8) is 0 Å². The zero-order valence-corrected chi connectivity index (χ0v) is 12.6. The first-order valence-electron chi connectivity index (χ1n) is 7.10. The van der Waals surface area contributed by atoms with Crippen LogP contribution in [0.4, 0.5) is 5.69 Å². The quantitative estimate of drug-likeness (QED) is 0.802. The molecular weight excluding hydrogens is 290 g/mol. The van der Waals surface area contributed by atoms with E-state index in [2.05, 4.69) is 15.3 Å². The molecule has 0 fully saturated rings. The van der Waals surface area contributed by atoms with Crippen LogP contribution >= 0.6 is 0 Å². The average molecular weight is 305 g/mol. The molecule has 3 rings (SSSR count). The highest BCUT2D eigenvalue weighted by Gasteiger charge is 2.14. The van der Waals surface area contributed by atoms with Gasteiger partial charge in [0.2, 0.25) is 0 Å². The number of ether oxygens (including phenoxy) is 1. The van der Waals surface area contributed by atoms with Crippen LogP contribution in [0.1, 0.15) is 10.4 Å². The van der Waals surface area contributed by atoms with Crippen molar-refractivity contribution >= 4 is 11.6 Å². The van der Waals surface area contributed by atoms with Gasteiger partial charge in [0.15, 0.2) is 0 Å². The lowest BCUT2D eigenvalue weighted by molar-refractivity contribution is 0.102. The van der Waals surface area contributed by atoms with E-state index < -0.39 is 0 Å². The molecule has 0 spiro atoms. The van der Waals surface area contributed by atoms with Gasteiger partial charge in [0.1, 0.15) is 11.4 Å². The lowest BCUT2D eigenvalue weighted by Gasteiger charge is -2.10. The van der Waals surface area contributed by atoms with E-state index in [9.17, 15) is 4.79 Å². The number of amides is 1.